The standard InChI is InChI=1S/C15H12BrF4N/c1-9-6-10(2-5-13(9)17)8-21-14-7-11(15(18,19)20)3-4-12(14)16/h2-7,21H,8H2,1H3. The summed E-state index contributed by atoms with van der Waals surface area (Å²) in [6.07, 6.45) is -4.39. The van der Waals surface area contributed by atoms with Crippen LogP contribution in [0.25, 0.3) is 0 Å². The molecule has 0 heterocycles. The van der Waals surface area contributed by atoms with Crippen molar-refractivity contribution < 1.29 is 17.6 Å². The molecule has 0 atom stereocenters. The molecule has 0 spiro atoms. The van der Waals surface area contributed by atoms with Crippen molar-refractivity contribution in [2.24, 2.45) is 0 Å². The predicted molar refractivity (Wildman–Crippen MR) is 77.6 cm³/mol. The molecule has 1 nitrogen and oxygen atoms in total. The number of nitrogens with one attached hydrogen (secondary N) is 1. The van der Waals surface area contributed by atoms with Gasteiger partial charge in [0, 0.05) is 16.7 Å². The van der Waals surface area contributed by atoms with Crippen LogP contribution >= 0.6 is 15.9 Å². The molecule has 0 aliphatic heterocycles. The average Bonchev–Trinajstić information content (AvgIpc) is 2.40. The van der Waals surface area contributed by atoms with Gasteiger partial charge in [-0.25, -0.2) is 4.39 Å². The summed E-state index contributed by atoms with van der Waals surface area (Å²) in [6.45, 7) is 1.94. The minimum Gasteiger partial charge on any atom is -0.380 e. The van der Waals surface area contributed by atoms with Gasteiger partial charge in [-0.15, -0.1) is 0 Å². The van der Waals surface area contributed by atoms with Crippen LogP contribution in [0, 0.1) is 12.7 Å². The predicted octanol–water partition coefficient (Wildman–Crippen LogP) is 5.53. The monoisotopic (exact) mass is 361 g/mol. The van der Waals surface area contributed by atoms with Gasteiger partial charge in [-0.1, -0.05) is 12.1 Å². The number of hydrogen-bond donors (Lipinski definition) is 1. The lowest BCUT2D eigenvalue weighted by Gasteiger charge is -2.13. The van der Waals surface area contributed by atoms with Crippen LogP contribution in [0.5, 0.6) is 0 Å². The van der Waals surface area contributed by atoms with Crippen molar-refractivity contribution in [3.8, 4) is 0 Å². The van der Waals surface area contributed by atoms with Crippen molar-refractivity contribution in [1.82, 2.24) is 0 Å². The van der Waals surface area contributed by atoms with Crippen LogP contribution in [0.3, 0.4) is 0 Å². The van der Waals surface area contributed by atoms with Crippen molar-refractivity contribution in [2.75, 3.05) is 5.32 Å². The highest BCUT2D eigenvalue weighted by atomic mass is 79.9. The molecular weight excluding hydrogens is 350 g/mol. The Morgan fingerprint density at radius 1 is 1.10 bits per heavy atom. The van der Waals surface area contributed by atoms with E-state index in [0.717, 1.165) is 17.7 Å². The fourth-order valence-electron chi connectivity index (χ4n) is 1.85. The second-order valence-corrected chi connectivity index (χ2v) is 5.48. The first-order valence-electron chi connectivity index (χ1n) is 6.13. The number of rotatable bonds is 3. The molecule has 0 aromatic heterocycles. The Morgan fingerprint density at radius 3 is 2.43 bits per heavy atom. The Morgan fingerprint density at radius 2 is 1.81 bits per heavy atom. The Kier molecular flexibility index (Phi) is 4.56. The summed E-state index contributed by atoms with van der Waals surface area (Å²) in [7, 11) is 0. The Balaban J connectivity index is 2.17. The van der Waals surface area contributed by atoms with Gasteiger partial charge in [0.15, 0.2) is 0 Å². The lowest BCUT2D eigenvalue weighted by Crippen LogP contribution is -2.07. The van der Waals surface area contributed by atoms with Crippen LogP contribution in [-0.4, -0.2) is 0 Å². The van der Waals surface area contributed by atoms with E-state index in [1.54, 1.807) is 19.1 Å². The quantitative estimate of drug-likeness (QED) is 0.709. The highest BCUT2D eigenvalue weighted by molar-refractivity contribution is 9.10. The van der Waals surface area contributed by atoms with Crippen molar-refractivity contribution in [1.29, 1.82) is 0 Å². The van der Waals surface area contributed by atoms with Gasteiger partial charge in [-0.05, 0) is 58.2 Å². The van der Waals surface area contributed by atoms with Crippen LogP contribution in [0.1, 0.15) is 16.7 Å². The molecule has 0 amide bonds. The summed E-state index contributed by atoms with van der Waals surface area (Å²) in [5.74, 6) is -0.306. The van der Waals surface area contributed by atoms with E-state index in [1.807, 2.05) is 0 Å². The van der Waals surface area contributed by atoms with Gasteiger partial charge in [-0.2, -0.15) is 13.2 Å². The van der Waals surface area contributed by atoms with Gasteiger partial charge < -0.3 is 5.32 Å². The van der Waals surface area contributed by atoms with E-state index in [9.17, 15) is 17.6 Å². The van der Waals surface area contributed by atoms with Gasteiger partial charge in [0.05, 0.1) is 5.56 Å². The molecule has 1 N–H and O–H groups in total. The topological polar surface area (TPSA) is 12.0 Å². The maximum atomic E-state index is 13.2. The molecule has 0 fully saturated rings. The molecule has 0 saturated carbocycles. The zero-order chi connectivity index (χ0) is 15.6. The molecule has 0 unspecified atom stereocenters. The van der Waals surface area contributed by atoms with Crippen LogP contribution in [0.4, 0.5) is 23.2 Å². The minimum atomic E-state index is -4.39. The van der Waals surface area contributed by atoms with Crippen LogP contribution in [0.2, 0.25) is 0 Å². The molecule has 2 aromatic rings. The van der Waals surface area contributed by atoms with Gasteiger partial charge in [0.25, 0.3) is 0 Å². The maximum absolute atomic E-state index is 13.2. The van der Waals surface area contributed by atoms with Crippen molar-refractivity contribution in [2.45, 2.75) is 19.6 Å². The van der Waals surface area contributed by atoms with Crippen LogP contribution < -0.4 is 5.32 Å². The number of hydrogen-bond acceptors (Lipinski definition) is 1. The molecule has 0 aliphatic carbocycles. The number of alkyl halides is 3. The van der Waals surface area contributed by atoms with E-state index in [2.05, 4.69) is 21.2 Å². The van der Waals surface area contributed by atoms with Gasteiger partial charge in [-0.3, -0.25) is 0 Å². The third-order valence-corrected chi connectivity index (χ3v) is 3.69. The zero-order valence-corrected chi connectivity index (χ0v) is 12.6. The van der Waals surface area contributed by atoms with Gasteiger partial charge in [0.1, 0.15) is 5.82 Å². The van der Waals surface area contributed by atoms with E-state index in [0.29, 0.717) is 22.3 Å². The summed E-state index contributed by atoms with van der Waals surface area (Å²) in [5.41, 5.74) is 0.908. The smallest absolute Gasteiger partial charge is 0.380 e. The lowest BCUT2D eigenvalue weighted by molar-refractivity contribution is -0.137. The van der Waals surface area contributed by atoms with Gasteiger partial charge in [0.2, 0.25) is 0 Å². The van der Waals surface area contributed by atoms with E-state index in [-0.39, 0.29) is 5.82 Å². The molecule has 0 aliphatic rings. The van der Waals surface area contributed by atoms with Crippen molar-refractivity contribution in [3.63, 3.8) is 0 Å². The first kappa shape index (κ1) is 15.8. The summed E-state index contributed by atoms with van der Waals surface area (Å²) in [5, 5.41) is 2.92. The fourth-order valence-corrected chi connectivity index (χ4v) is 2.24. The Labute approximate surface area is 128 Å². The van der Waals surface area contributed by atoms with E-state index in [1.165, 1.54) is 12.1 Å². The number of benzene rings is 2. The van der Waals surface area contributed by atoms with E-state index >= 15 is 0 Å². The lowest BCUT2D eigenvalue weighted by atomic mass is 10.1. The fraction of sp³-hybridized carbons (Fsp3) is 0.200. The molecular formula is C15H12BrF4N. The molecule has 2 aromatic carbocycles. The van der Waals surface area contributed by atoms with Crippen molar-refractivity contribution >= 4 is 21.6 Å². The highest BCUT2D eigenvalue weighted by Gasteiger charge is 2.30. The van der Waals surface area contributed by atoms with Crippen LogP contribution in [-0.2, 0) is 12.7 Å². The second-order valence-electron chi connectivity index (χ2n) is 4.63. The largest absolute Gasteiger partial charge is 0.416 e. The maximum Gasteiger partial charge on any atom is 0.416 e. The number of aryl methyl sites for hydroxylation is 1. The minimum absolute atomic E-state index is 0.306. The summed E-state index contributed by atoms with van der Waals surface area (Å²) in [4.78, 5) is 0. The second kappa shape index (κ2) is 6.05. The third kappa shape index (κ3) is 3.97. The SMILES string of the molecule is Cc1cc(CNc2cc(C(F)(F)F)ccc2Br)ccc1F. The zero-order valence-electron chi connectivity index (χ0n) is 11.1. The highest BCUT2D eigenvalue weighted by Crippen LogP contribution is 2.34. The summed E-state index contributed by atoms with van der Waals surface area (Å²) >= 11 is 3.21. The molecule has 6 heteroatoms. The Hall–Kier alpha value is -1.56. The molecule has 0 saturated heterocycles. The third-order valence-electron chi connectivity index (χ3n) is 3.00. The number of anilines is 1. The molecule has 0 bridgehead atoms. The van der Waals surface area contributed by atoms with Gasteiger partial charge >= 0.3 is 6.18 Å². The first-order chi connectivity index (χ1) is 9.77. The Bertz CT molecular complexity index is 653. The van der Waals surface area contributed by atoms with Crippen molar-refractivity contribution in [3.05, 3.63) is 63.4 Å². The average molecular weight is 362 g/mol. The molecule has 112 valence electrons. The first-order valence-corrected chi connectivity index (χ1v) is 6.92. The van der Waals surface area contributed by atoms with Crippen LogP contribution in [0.15, 0.2) is 40.9 Å². The molecule has 0 radical (unpaired) electrons. The number of halogens is 5. The molecule has 2 rings (SSSR count). The summed E-state index contributed by atoms with van der Waals surface area (Å²) in [6, 6.07) is 7.99. The normalized spacial score (nSPS) is 11.5. The summed E-state index contributed by atoms with van der Waals surface area (Å²) < 4.78 is 51.7. The molecule has 21 heavy (non-hydrogen) atoms. The van der Waals surface area contributed by atoms with E-state index < -0.39 is 11.7 Å². The van der Waals surface area contributed by atoms with E-state index in [4.69, 9.17) is 0 Å².